The second kappa shape index (κ2) is 14.0. The van der Waals surface area contributed by atoms with Gasteiger partial charge in [-0.2, -0.15) is 0 Å². The second-order valence-corrected chi connectivity index (χ2v) is 13.3. The number of nitrogens with one attached hydrogen (secondary N) is 2. The minimum Gasteiger partial charge on any atom is -0.352 e. The summed E-state index contributed by atoms with van der Waals surface area (Å²) in [6, 6.07) is 31.6. The van der Waals surface area contributed by atoms with E-state index in [0.717, 1.165) is 8.61 Å². The largest absolute Gasteiger partial charge is 0.352 e. The highest BCUT2D eigenvalue weighted by Gasteiger charge is 2.29. The predicted octanol–water partition coefficient (Wildman–Crippen LogP) is 3.40. The molecule has 0 saturated carbocycles. The molecule has 0 aliphatic rings. The third kappa shape index (κ3) is 7.99. The quantitative estimate of drug-likeness (QED) is 0.236. The zero-order valence-electron chi connectivity index (χ0n) is 23.4. The molecule has 0 spiro atoms. The molecule has 4 aromatic rings. The molecule has 224 valence electrons. The summed E-state index contributed by atoms with van der Waals surface area (Å²) in [4.78, 5) is 26.0. The van der Waals surface area contributed by atoms with Crippen molar-refractivity contribution in [3.05, 3.63) is 121 Å². The van der Waals surface area contributed by atoms with E-state index in [4.69, 9.17) is 0 Å². The predicted molar refractivity (Wildman–Crippen MR) is 165 cm³/mol. The number of anilines is 2. The Morgan fingerprint density at radius 2 is 0.930 bits per heavy atom. The van der Waals surface area contributed by atoms with E-state index in [-0.39, 0.29) is 16.3 Å². The minimum atomic E-state index is -4.05. The molecule has 43 heavy (non-hydrogen) atoms. The zero-order chi connectivity index (χ0) is 30.9. The Balaban J connectivity index is 1.41. The van der Waals surface area contributed by atoms with E-state index < -0.39 is 51.0 Å². The van der Waals surface area contributed by atoms with Crippen LogP contribution in [0.15, 0.2) is 131 Å². The summed E-state index contributed by atoms with van der Waals surface area (Å²) in [7, 11) is -8.09. The van der Waals surface area contributed by atoms with E-state index >= 15 is 0 Å². The van der Waals surface area contributed by atoms with Crippen LogP contribution < -0.4 is 19.2 Å². The van der Waals surface area contributed by atoms with E-state index in [1.54, 1.807) is 104 Å². The Hall–Kier alpha value is -4.68. The molecule has 0 aromatic heterocycles. The van der Waals surface area contributed by atoms with Gasteiger partial charge in [0.1, 0.15) is 13.1 Å². The number of hydrogen-bond donors (Lipinski definition) is 2. The van der Waals surface area contributed by atoms with Gasteiger partial charge in [0.15, 0.2) is 0 Å². The van der Waals surface area contributed by atoms with Gasteiger partial charge in [-0.05, 0) is 55.5 Å². The fraction of sp³-hybridized carbons (Fsp3) is 0.161. The molecule has 4 aromatic carbocycles. The number of rotatable bonds is 13. The van der Waals surface area contributed by atoms with Gasteiger partial charge in [0.25, 0.3) is 20.0 Å². The Labute approximate surface area is 252 Å². The van der Waals surface area contributed by atoms with Crippen LogP contribution in [0.2, 0.25) is 0 Å². The van der Waals surface area contributed by atoms with Crippen molar-refractivity contribution in [2.75, 3.05) is 28.2 Å². The fourth-order valence-corrected chi connectivity index (χ4v) is 7.10. The summed E-state index contributed by atoms with van der Waals surface area (Å²) in [5.41, 5.74) is 0.645. The summed E-state index contributed by atoms with van der Waals surface area (Å²) in [6.45, 7) is 0.650. The van der Waals surface area contributed by atoms with Crippen molar-refractivity contribution in [2.45, 2.75) is 22.8 Å². The van der Waals surface area contributed by atoms with Gasteiger partial charge < -0.3 is 10.6 Å². The van der Waals surface area contributed by atoms with E-state index in [1.165, 1.54) is 24.3 Å². The van der Waals surface area contributed by atoms with Gasteiger partial charge in [0, 0.05) is 12.6 Å². The molecule has 12 heteroatoms. The molecule has 0 fully saturated rings. The van der Waals surface area contributed by atoms with Crippen LogP contribution in [0.4, 0.5) is 11.4 Å². The lowest BCUT2D eigenvalue weighted by molar-refractivity contribution is -0.122. The first-order chi connectivity index (χ1) is 20.6. The van der Waals surface area contributed by atoms with Crippen molar-refractivity contribution < 1.29 is 26.4 Å². The summed E-state index contributed by atoms with van der Waals surface area (Å²) >= 11 is 0. The first-order valence-corrected chi connectivity index (χ1v) is 16.3. The molecular weight excluding hydrogens is 588 g/mol. The Bertz CT molecular complexity index is 1720. The number of sulfonamides is 2. The molecule has 0 aliphatic carbocycles. The Morgan fingerprint density at radius 1 is 0.581 bits per heavy atom. The molecule has 0 aliphatic heterocycles. The topological polar surface area (TPSA) is 133 Å². The second-order valence-electron chi connectivity index (χ2n) is 9.59. The third-order valence-electron chi connectivity index (χ3n) is 6.34. The van der Waals surface area contributed by atoms with Crippen LogP contribution in [0.1, 0.15) is 6.92 Å². The lowest BCUT2D eigenvalue weighted by atomic mass is 10.3. The fourth-order valence-electron chi connectivity index (χ4n) is 4.21. The van der Waals surface area contributed by atoms with Crippen LogP contribution in [0, 0.1) is 0 Å². The van der Waals surface area contributed by atoms with Crippen LogP contribution >= 0.6 is 0 Å². The molecule has 0 heterocycles. The van der Waals surface area contributed by atoms with Crippen LogP contribution in [0.25, 0.3) is 0 Å². The molecule has 1 atom stereocenters. The molecule has 1 unspecified atom stereocenters. The number of hydrogen-bond acceptors (Lipinski definition) is 6. The highest BCUT2D eigenvalue weighted by molar-refractivity contribution is 7.93. The van der Waals surface area contributed by atoms with E-state index in [9.17, 15) is 26.4 Å². The summed E-state index contributed by atoms with van der Waals surface area (Å²) in [5, 5.41) is 5.37. The van der Waals surface area contributed by atoms with Crippen LogP contribution in [-0.2, 0) is 29.6 Å². The number of nitrogens with zero attached hydrogens (tertiary/aromatic N) is 2. The summed E-state index contributed by atoms with van der Waals surface area (Å²) in [6.07, 6.45) is 0. The summed E-state index contributed by atoms with van der Waals surface area (Å²) < 4.78 is 55.6. The first-order valence-electron chi connectivity index (χ1n) is 13.4. The van der Waals surface area contributed by atoms with E-state index in [0.29, 0.717) is 11.4 Å². The number of carbonyl (C=O) groups excluding carboxylic acids is 2. The molecule has 0 saturated heterocycles. The van der Waals surface area contributed by atoms with Gasteiger partial charge in [-0.15, -0.1) is 0 Å². The average molecular weight is 621 g/mol. The lowest BCUT2D eigenvalue weighted by Crippen LogP contribution is -2.48. The molecule has 0 radical (unpaired) electrons. The molecule has 2 amide bonds. The SMILES string of the molecule is CC(CNC(=O)CN(c1ccccc1)S(=O)(=O)c1ccccc1)NC(=O)CN(c1ccccc1)S(=O)(=O)c1ccccc1. The molecule has 2 N–H and O–H groups in total. The van der Waals surface area contributed by atoms with Gasteiger partial charge >= 0.3 is 0 Å². The lowest BCUT2D eigenvalue weighted by Gasteiger charge is -2.26. The standard InChI is InChI=1S/C31H32N4O6S2/c1-25(33-31(37)24-35(27-16-8-3-9-17-27)43(40,41)29-20-12-5-13-21-29)22-32-30(36)23-34(26-14-6-2-7-15-26)42(38,39)28-18-10-4-11-19-28/h2-21,25H,22-24H2,1H3,(H,32,36)(H,33,37). The maximum absolute atomic E-state index is 13.4. The van der Waals surface area contributed by atoms with Gasteiger partial charge in [-0.3, -0.25) is 18.2 Å². The number of carbonyl (C=O) groups is 2. The number of benzene rings is 4. The van der Waals surface area contributed by atoms with Crippen molar-refractivity contribution in [1.29, 1.82) is 0 Å². The van der Waals surface area contributed by atoms with Crippen molar-refractivity contribution >= 4 is 43.2 Å². The van der Waals surface area contributed by atoms with Crippen molar-refractivity contribution in [3.8, 4) is 0 Å². The zero-order valence-corrected chi connectivity index (χ0v) is 25.0. The van der Waals surface area contributed by atoms with Crippen molar-refractivity contribution in [1.82, 2.24) is 10.6 Å². The van der Waals surface area contributed by atoms with Gasteiger partial charge in [0.2, 0.25) is 11.8 Å². The maximum Gasteiger partial charge on any atom is 0.264 e. The highest BCUT2D eigenvalue weighted by Crippen LogP contribution is 2.24. The molecule has 0 bridgehead atoms. The monoisotopic (exact) mass is 620 g/mol. The Morgan fingerprint density at radius 3 is 1.33 bits per heavy atom. The third-order valence-corrected chi connectivity index (χ3v) is 9.91. The van der Waals surface area contributed by atoms with Gasteiger partial charge in [-0.25, -0.2) is 16.8 Å². The number of amides is 2. The summed E-state index contributed by atoms with van der Waals surface area (Å²) in [5.74, 6) is -1.16. The van der Waals surface area contributed by atoms with Crippen LogP contribution in [0.5, 0.6) is 0 Å². The maximum atomic E-state index is 13.4. The first kappa shape index (κ1) is 31.3. The normalized spacial score (nSPS) is 12.1. The molecular formula is C31H32N4O6S2. The smallest absolute Gasteiger partial charge is 0.264 e. The van der Waals surface area contributed by atoms with Crippen molar-refractivity contribution in [2.24, 2.45) is 0 Å². The van der Waals surface area contributed by atoms with Gasteiger partial charge in [-0.1, -0.05) is 72.8 Å². The van der Waals surface area contributed by atoms with Crippen molar-refractivity contribution in [3.63, 3.8) is 0 Å². The number of para-hydroxylation sites is 2. The highest BCUT2D eigenvalue weighted by atomic mass is 32.2. The Kier molecular flexibility index (Phi) is 10.2. The average Bonchev–Trinajstić information content (AvgIpc) is 3.03. The minimum absolute atomic E-state index is 0.0185. The van der Waals surface area contributed by atoms with E-state index in [2.05, 4.69) is 10.6 Å². The molecule has 4 rings (SSSR count). The van der Waals surface area contributed by atoms with E-state index in [1.807, 2.05) is 0 Å². The van der Waals surface area contributed by atoms with Gasteiger partial charge in [0.05, 0.1) is 21.2 Å². The molecule has 10 nitrogen and oxygen atoms in total. The van der Waals surface area contributed by atoms with Crippen LogP contribution in [0.3, 0.4) is 0 Å². The van der Waals surface area contributed by atoms with Crippen LogP contribution in [-0.4, -0.2) is 54.3 Å².